The molecule has 1 rings (SSSR count). The Kier molecular flexibility index (Phi) is 24.3. The molecule has 0 bridgehead atoms. The van der Waals surface area contributed by atoms with Gasteiger partial charge in [0.1, 0.15) is 0 Å². The van der Waals surface area contributed by atoms with E-state index in [1.165, 1.54) is 64.7 Å². The Balaban J connectivity index is -0.000000653. The minimum absolute atomic E-state index is 0. The van der Waals surface area contributed by atoms with Crippen LogP contribution in [0.3, 0.4) is 0 Å². The van der Waals surface area contributed by atoms with Gasteiger partial charge in [-0.15, -0.1) is 37.2 Å². The van der Waals surface area contributed by atoms with E-state index in [0.717, 1.165) is 0 Å². The van der Waals surface area contributed by atoms with E-state index in [0.29, 0.717) is 0 Å². The first-order valence-electron chi connectivity index (χ1n) is 6.06. The molecule has 0 radical (unpaired) electrons. The van der Waals surface area contributed by atoms with Crippen LogP contribution in [0.4, 0.5) is 0 Å². The number of hydrogen-bond donors (Lipinski definition) is 1. The van der Waals surface area contributed by atoms with Crippen molar-refractivity contribution in [2.45, 2.75) is 43.8 Å². The molecule has 1 aliphatic heterocycles. The fourth-order valence-corrected chi connectivity index (χ4v) is 3.11. The zero-order chi connectivity index (χ0) is 10.1. The number of nitrogens with one attached hydrogen (secondary N) is 1. The molecule has 0 saturated carbocycles. The van der Waals surface area contributed by atoms with Crippen LogP contribution in [0.5, 0.6) is 0 Å². The van der Waals surface area contributed by atoms with Crippen LogP contribution in [0.2, 0.25) is 5.23 Å². The summed E-state index contributed by atoms with van der Waals surface area (Å²) in [5, 5.41) is 5.93. The predicted molar refractivity (Wildman–Crippen MR) is 79.8 cm³/mol. The standard InChI is InChI=1S/C10H21N2.CH3.3ClH.Ti/c1-2-4-8-12-10-6-5-9-11-7-3-1;;;;;/h11H,1-10H2;1H3;3*1H;/q-1;;;;;+1. The molecule has 0 unspecified atom stereocenters. The van der Waals surface area contributed by atoms with Crippen molar-refractivity contribution >= 4 is 37.2 Å². The van der Waals surface area contributed by atoms with Crippen LogP contribution in [0, 0.1) is 0 Å². The van der Waals surface area contributed by atoms with Gasteiger partial charge < -0.3 is 0 Å². The van der Waals surface area contributed by atoms with Crippen molar-refractivity contribution in [3.63, 3.8) is 0 Å². The Morgan fingerprint density at radius 2 is 1.24 bits per heavy atom. The van der Waals surface area contributed by atoms with Crippen molar-refractivity contribution in [2.24, 2.45) is 0 Å². The van der Waals surface area contributed by atoms with Crippen molar-refractivity contribution in [2.75, 3.05) is 26.2 Å². The van der Waals surface area contributed by atoms with Gasteiger partial charge in [-0.3, -0.25) is 0 Å². The van der Waals surface area contributed by atoms with E-state index < -0.39 is 0 Å². The molecule has 1 aliphatic rings. The quantitative estimate of drug-likeness (QED) is 0.734. The topological polar surface area (TPSA) is 15.3 Å². The van der Waals surface area contributed by atoms with Crippen LogP contribution in [0.15, 0.2) is 0 Å². The molecule has 0 aromatic carbocycles. The molecule has 106 valence electrons. The first kappa shape index (κ1) is 23.6. The molecule has 2 nitrogen and oxygen atoms in total. The summed E-state index contributed by atoms with van der Waals surface area (Å²) in [7, 11) is 0. The summed E-state index contributed by atoms with van der Waals surface area (Å²) in [6.45, 7) is 5.21. The summed E-state index contributed by atoms with van der Waals surface area (Å²) in [6.07, 6.45) is 8.42. The van der Waals surface area contributed by atoms with E-state index in [-0.39, 0.29) is 56.6 Å². The molecule has 1 fully saturated rings. The van der Waals surface area contributed by atoms with Gasteiger partial charge in [-0.2, -0.15) is 0 Å². The zero-order valence-corrected chi connectivity index (χ0v) is 14.8. The molecule has 17 heavy (non-hydrogen) atoms. The van der Waals surface area contributed by atoms with Gasteiger partial charge in [0.2, 0.25) is 0 Å². The monoisotopic (exact) mass is 340 g/mol. The molecule has 0 amide bonds. The van der Waals surface area contributed by atoms with E-state index in [4.69, 9.17) is 0 Å². The molecule has 0 aromatic heterocycles. The predicted octanol–water partition coefficient (Wildman–Crippen LogP) is 3.54. The first-order valence-corrected chi connectivity index (χ1v) is 8.32. The van der Waals surface area contributed by atoms with Crippen molar-refractivity contribution < 1.29 is 19.4 Å². The van der Waals surface area contributed by atoms with Crippen molar-refractivity contribution in [3.05, 3.63) is 0 Å². The van der Waals surface area contributed by atoms with Gasteiger partial charge in [0.05, 0.1) is 0 Å². The molecule has 1 N–H and O–H groups in total. The Labute approximate surface area is 135 Å². The average molecular weight is 342 g/mol. The summed E-state index contributed by atoms with van der Waals surface area (Å²) in [6, 6.07) is 0. The Morgan fingerprint density at radius 3 is 1.82 bits per heavy atom. The summed E-state index contributed by atoms with van der Waals surface area (Å²) in [5.74, 6) is 0. The zero-order valence-electron chi connectivity index (χ0n) is 10.7. The Bertz CT molecular complexity index is 130. The maximum absolute atomic E-state index is 3.53. The Morgan fingerprint density at radius 1 is 0.765 bits per heavy atom. The third-order valence-corrected chi connectivity index (χ3v) is 4.57. The van der Waals surface area contributed by atoms with Crippen LogP contribution in [-0.2, 0) is 19.4 Å². The fraction of sp³-hybridized carbons (Fsp3) is 1.00. The molecule has 6 heteroatoms. The second kappa shape index (κ2) is 17.5. The van der Waals surface area contributed by atoms with Gasteiger partial charge >= 0.3 is 98.0 Å². The summed E-state index contributed by atoms with van der Waals surface area (Å²) in [4.78, 5) is 0. The number of nitrogens with zero attached hydrogens (tertiary/aromatic N) is 1. The molecular formula is C11H27Cl3N2Ti. The van der Waals surface area contributed by atoms with Crippen molar-refractivity contribution in [1.82, 2.24) is 8.70 Å². The third kappa shape index (κ3) is 13.7. The molecule has 0 aromatic rings. The van der Waals surface area contributed by atoms with Gasteiger partial charge in [-0.05, 0) is 0 Å². The third-order valence-electron chi connectivity index (χ3n) is 2.88. The van der Waals surface area contributed by atoms with E-state index >= 15 is 0 Å². The Hall–Kier alpha value is 1.50. The van der Waals surface area contributed by atoms with E-state index in [9.17, 15) is 0 Å². The SMILES string of the molecule is Cl.Cl.Cl.[CH3][Ti][N]1CCCCCCNCCCC1. The van der Waals surface area contributed by atoms with Crippen LogP contribution < -0.4 is 5.32 Å². The number of halogens is 3. The molecule has 0 aliphatic carbocycles. The maximum atomic E-state index is 3.53. The fourth-order valence-electron chi connectivity index (χ4n) is 1.92. The van der Waals surface area contributed by atoms with Gasteiger partial charge in [0, 0.05) is 0 Å². The summed E-state index contributed by atoms with van der Waals surface area (Å²) < 4.78 is 2.72. The van der Waals surface area contributed by atoms with Crippen molar-refractivity contribution in [3.8, 4) is 0 Å². The number of rotatable bonds is 1. The molecular weight excluding hydrogens is 314 g/mol. The van der Waals surface area contributed by atoms with Gasteiger partial charge in [-0.25, -0.2) is 0 Å². The molecule has 1 saturated heterocycles. The van der Waals surface area contributed by atoms with Crippen LogP contribution in [-0.4, -0.2) is 29.6 Å². The molecule has 0 atom stereocenters. The number of hydrogen-bond acceptors (Lipinski definition) is 2. The van der Waals surface area contributed by atoms with E-state index in [1.54, 1.807) is 0 Å². The normalized spacial score (nSPS) is 19.4. The second-order valence-electron chi connectivity index (χ2n) is 4.08. The summed E-state index contributed by atoms with van der Waals surface area (Å²) in [5.41, 5.74) is 0. The van der Waals surface area contributed by atoms with Gasteiger partial charge in [-0.1, -0.05) is 0 Å². The molecule has 1 heterocycles. The first-order chi connectivity index (χ1) is 6.93. The van der Waals surface area contributed by atoms with Gasteiger partial charge in [0.25, 0.3) is 0 Å². The van der Waals surface area contributed by atoms with Crippen LogP contribution in [0.1, 0.15) is 38.5 Å². The van der Waals surface area contributed by atoms with E-state index in [1.807, 2.05) is 0 Å². The summed E-state index contributed by atoms with van der Waals surface area (Å²) >= 11 is 0.210. The van der Waals surface area contributed by atoms with Crippen molar-refractivity contribution in [1.29, 1.82) is 0 Å². The molecule has 0 spiro atoms. The van der Waals surface area contributed by atoms with E-state index in [2.05, 4.69) is 13.9 Å². The second-order valence-corrected chi connectivity index (χ2v) is 5.77. The van der Waals surface area contributed by atoms with Crippen LogP contribution in [0.25, 0.3) is 0 Å². The minimum atomic E-state index is 0. The average Bonchev–Trinajstić information content (AvgIpc) is 2.19. The van der Waals surface area contributed by atoms with Gasteiger partial charge in [0.15, 0.2) is 0 Å². The van der Waals surface area contributed by atoms with Crippen LogP contribution >= 0.6 is 37.2 Å².